The van der Waals surface area contributed by atoms with Crippen LogP contribution in [0.1, 0.15) is 6.42 Å². The molecule has 1 atom stereocenters. The molecule has 96 valence electrons. The van der Waals surface area contributed by atoms with Gasteiger partial charge in [0.05, 0.1) is 0 Å². The predicted molar refractivity (Wildman–Crippen MR) is 76.0 cm³/mol. The van der Waals surface area contributed by atoms with Crippen LogP contribution in [0.4, 0.5) is 17.1 Å². The SMILES string of the molecule is CSCC[C@@H](N)C(=O)Nc1cccc2c1N=[Se]=N2. The molecule has 0 bridgehead atoms. The summed E-state index contributed by atoms with van der Waals surface area (Å²) in [6.45, 7) is 0. The zero-order valence-corrected chi connectivity index (χ0v) is 12.4. The van der Waals surface area contributed by atoms with E-state index in [-0.39, 0.29) is 20.5 Å². The molecule has 3 N–H and O–H groups in total. The third kappa shape index (κ3) is 3.11. The summed E-state index contributed by atoms with van der Waals surface area (Å²) in [5.41, 5.74) is 8.16. The molecule has 0 aliphatic carbocycles. The molecule has 2 rings (SSSR count). The molecule has 1 aliphatic heterocycles. The van der Waals surface area contributed by atoms with Crippen LogP contribution in [0.25, 0.3) is 0 Å². The summed E-state index contributed by atoms with van der Waals surface area (Å²) in [7, 11) is 0. The van der Waals surface area contributed by atoms with E-state index >= 15 is 0 Å². The molecule has 0 saturated heterocycles. The first-order valence-electron chi connectivity index (χ1n) is 5.49. The zero-order chi connectivity index (χ0) is 13.0. The van der Waals surface area contributed by atoms with E-state index in [2.05, 4.69) is 13.2 Å². The molecule has 7 heteroatoms. The van der Waals surface area contributed by atoms with E-state index in [1.807, 2.05) is 24.5 Å². The molecule has 0 unspecified atom stereocenters. The number of carbonyl (C=O) groups is 1. The summed E-state index contributed by atoms with van der Waals surface area (Å²) < 4.78 is 8.58. The van der Waals surface area contributed by atoms with Crippen LogP contribution in [0, 0.1) is 0 Å². The molecule has 1 heterocycles. The summed E-state index contributed by atoms with van der Waals surface area (Å²) in [4.78, 5) is 11.9. The fourth-order valence-electron chi connectivity index (χ4n) is 1.51. The molecule has 1 aromatic rings. The first-order chi connectivity index (χ1) is 8.72. The van der Waals surface area contributed by atoms with Gasteiger partial charge in [0.1, 0.15) is 0 Å². The number of amides is 1. The van der Waals surface area contributed by atoms with Crippen molar-refractivity contribution >= 4 is 49.3 Å². The number of nitrogens with two attached hydrogens (primary N) is 1. The standard InChI is InChI=1S/C11H14N4OSSe/c1-17-6-5-7(12)11(16)13-8-3-2-4-9-10(8)15-18-14-9/h2-4,7H,5-6,12H2,1H3,(H,13,16)/t7-/m1/s1. The first-order valence-corrected chi connectivity index (χ1v) is 8.41. The number of hydrogen-bond acceptors (Lipinski definition) is 5. The quantitative estimate of drug-likeness (QED) is 0.824. The first kappa shape index (κ1) is 13.5. The number of nitrogens with one attached hydrogen (secondary N) is 1. The molecule has 1 amide bonds. The molecule has 1 aromatic carbocycles. The minimum atomic E-state index is -0.475. The fraction of sp³-hybridized carbons (Fsp3) is 0.364. The minimum absolute atomic E-state index is 0.0931. The molecular formula is C11H14N4OSSe. The third-order valence-electron chi connectivity index (χ3n) is 2.51. The number of rotatable bonds is 5. The monoisotopic (exact) mass is 330 g/mol. The second-order valence-corrected chi connectivity index (χ2v) is 5.91. The summed E-state index contributed by atoms with van der Waals surface area (Å²) in [6.07, 6.45) is 2.67. The van der Waals surface area contributed by atoms with Gasteiger partial charge in [0.2, 0.25) is 0 Å². The number of carbonyl (C=O) groups excluding carboxylic acids is 1. The number of thioether (sulfide) groups is 1. The average Bonchev–Trinajstić information content (AvgIpc) is 2.85. The van der Waals surface area contributed by atoms with Gasteiger partial charge in [-0.3, -0.25) is 0 Å². The average molecular weight is 329 g/mol. The Balaban J connectivity index is 2.04. The molecule has 18 heavy (non-hydrogen) atoms. The summed E-state index contributed by atoms with van der Waals surface area (Å²) in [5, 5.41) is 2.83. The van der Waals surface area contributed by atoms with Crippen LogP contribution >= 0.6 is 11.8 Å². The number of anilines is 1. The molecule has 5 nitrogen and oxygen atoms in total. The van der Waals surface area contributed by atoms with Crippen LogP contribution in [0.5, 0.6) is 0 Å². The molecule has 0 radical (unpaired) electrons. The third-order valence-corrected chi connectivity index (χ3v) is 4.30. The van der Waals surface area contributed by atoms with Gasteiger partial charge in [-0.2, -0.15) is 0 Å². The van der Waals surface area contributed by atoms with Gasteiger partial charge in [0.25, 0.3) is 0 Å². The van der Waals surface area contributed by atoms with E-state index in [1.54, 1.807) is 11.8 Å². The van der Waals surface area contributed by atoms with Crippen molar-refractivity contribution in [3.8, 4) is 0 Å². The number of benzene rings is 1. The Morgan fingerprint density at radius 2 is 2.39 bits per heavy atom. The number of nitrogens with zero attached hydrogens (tertiary/aromatic N) is 2. The second kappa shape index (κ2) is 6.33. The van der Waals surface area contributed by atoms with Crippen molar-refractivity contribution in [2.24, 2.45) is 13.7 Å². The Bertz CT molecular complexity index is 528. The molecule has 1 aliphatic rings. The summed E-state index contributed by atoms with van der Waals surface area (Å²) in [5.74, 6) is 0.719. The van der Waals surface area contributed by atoms with Crippen LogP contribution in [-0.4, -0.2) is 38.5 Å². The van der Waals surface area contributed by atoms with Gasteiger partial charge >= 0.3 is 116 Å². The van der Waals surface area contributed by atoms with Crippen molar-refractivity contribution in [2.45, 2.75) is 12.5 Å². The van der Waals surface area contributed by atoms with Gasteiger partial charge in [-0.05, 0) is 0 Å². The van der Waals surface area contributed by atoms with Gasteiger partial charge in [-0.25, -0.2) is 0 Å². The Hall–Kier alpha value is -0.881. The van der Waals surface area contributed by atoms with E-state index in [9.17, 15) is 4.79 Å². The molecule has 0 aromatic heterocycles. The van der Waals surface area contributed by atoms with Crippen LogP contribution in [0.15, 0.2) is 26.1 Å². The van der Waals surface area contributed by atoms with E-state index < -0.39 is 6.04 Å². The van der Waals surface area contributed by atoms with Gasteiger partial charge in [0, 0.05) is 0 Å². The van der Waals surface area contributed by atoms with E-state index in [0.29, 0.717) is 12.1 Å². The van der Waals surface area contributed by atoms with Gasteiger partial charge < -0.3 is 0 Å². The van der Waals surface area contributed by atoms with Crippen molar-refractivity contribution in [3.05, 3.63) is 18.2 Å². The zero-order valence-electron chi connectivity index (χ0n) is 9.92. The Morgan fingerprint density at radius 3 is 3.17 bits per heavy atom. The molecular weight excluding hydrogens is 315 g/mol. The van der Waals surface area contributed by atoms with Crippen molar-refractivity contribution in [1.82, 2.24) is 0 Å². The Kier molecular flexibility index (Phi) is 4.77. The molecule has 0 fully saturated rings. The van der Waals surface area contributed by atoms with Crippen LogP contribution in [0.3, 0.4) is 0 Å². The van der Waals surface area contributed by atoms with E-state index in [4.69, 9.17) is 5.73 Å². The summed E-state index contributed by atoms with van der Waals surface area (Å²) in [6, 6.07) is 5.12. The van der Waals surface area contributed by atoms with Gasteiger partial charge in [-0.1, -0.05) is 0 Å². The summed E-state index contributed by atoms with van der Waals surface area (Å²) >= 11 is 1.59. The Morgan fingerprint density at radius 1 is 1.56 bits per heavy atom. The second-order valence-electron chi connectivity index (χ2n) is 3.81. The van der Waals surface area contributed by atoms with Crippen LogP contribution in [-0.2, 0) is 4.79 Å². The number of hydrogen-bond donors (Lipinski definition) is 2. The van der Waals surface area contributed by atoms with E-state index in [1.165, 1.54) is 0 Å². The van der Waals surface area contributed by atoms with Crippen LogP contribution in [0.2, 0.25) is 0 Å². The Labute approximate surface area is 116 Å². The normalized spacial score (nSPS) is 13.9. The molecule has 0 saturated carbocycles. The van der Waals surface area contributed by atoms with Crippen molar-refractivity contribution < 1.29 is 4.79 Å². The van der Waals surface area contributed by atoms with Crippen LogP contribution < -0.4 is 11.1 Å². The number of fused-ring (bicyclic) bond motifs is 1. The fourth-order valence-corrected chi connectivity index (χ4v) is 3.15. The van der Waals surface area contributed by atoms with Crippen molar-refractivity contribution in [3.63, 3.8) is 0 Å². The van der Waals surface area contributed by atoms with Gasteiger partial charge in [0.15, 0.2) is 0 Å². The predicted octanol–water partition coefficient (Wildman–Crippen LogP) is 2.05. The van der Waals surface area contributed by atoms with Crippen molar-refractivity contribution in [1.29, 1.82) is 0 Å². The maximum absolute atomic E-state index is 11.9. The maximum atomic E-state index is 11.9. The van der Waals surface area contributed by atoms with E-state index in [0.717, 1.165) is 17.1 Å². The van der Waals surface area contributed by atoms with Gasteiger partial charge in [-0.15, -0.1) is 0 Å². The topological polar surface area (TPSA) is 79.8 Å². The molecule has 0 spiro atoms. The van der Waals surface area contributed by atoms with Crippen molar-refractivity contribution in [2.75, 3.05) is 17.3 Å².